The van der Waals surface area contributed by atoms with Crippen LogP contribution in [0.4, 0.5) is 4.79 Å². The minimum Gasteiger partial charge on any atom is -0.465 e. The average molecular weight is 619 g/mol. The molecule has 0 bridgehead atoms. The molecule has 0 atom stereocenters. The summed E-state index contributed by atoms with van der Waals surface area (Å²) in [4.78, 5) is 50.9. The number of rotatable bonds is 9. The van der Waals surface area contributed by atoms with Gasteiger partial charge in [0.25, 0.3) is 0 Å². The number of nitrogens with zero attached hydrogens (tertiary/aromatic N) is 6. The summed E-state index contributed by atoms with van der Waals surface area (Å²) in [6.45, 7) is 15.0. The summed E-state index contributed by atoms with van der Waals surface area (Å²) in [5.74, 6) is -0.0982. The van der Waals surface area contributed by atoms with Crippen molar-refractivity contribution in [2.24, 2.45) is 5.41 Å². The molecule has 1 aliphatic heterocycles. The van der Waals surface area contributed by atoms with Crippen molar-refractivity contribution in [3.63, 3.8) is 0 Å². The van der Waals surface area contributed by atoms with Crippen molar-refractivity contribution >= 4 is 47.9 Å². The number of piperazine rings is 1. The highest BCUT2D eigenvalue weighted by Crippen LogP contribution is 2.33. The first-order valence-electron chi connectivity index (χ1n) is 15.1. The van der Waals surface area contributed by atoms with Gasteiger partial charge in [0.1, 0.15) is 18.8 Å². The fourth-order valence-electron chi connectivity index (χ4n) is 5.37. The van der Waals surface area contributed by atoms with Crippen LogP contribution in [-0.2, 0) is 22.8 Å². The summed E-state index contributed by atoms with van der Waals surface area (Å²) in [5.41, 5.74) is 3.31. The van der Waals surface area contributed by atoms with Gasteiger partial charge in [-0.1, -0.05) is 58.6 Å². The fraction of sp³-hybridized carbons (Fsp3) is 0.469. The highest BCUT2D eigenvalue weighted by molar-refractivity contribution is 6.76. The number of ether oxygens (including phenoxy) is 1. The fourth-order valence-corrected chi connectivity index (χ4v) is 6.12. The largest absolute Gasteiger partial charge is 0.465 e. The maximum atomic E-state index is 13.6. The van der Waals surface area contributed by atoms with E-state index in [1.54, 1.807) is 11.1 Å². The minimum absolute atomic E-state index is 0.0224. The number of para-hydroxylation sites is 1. The molecule has 1 aliphatic rings. The number of amides is 2. The zero-order chi connectivity index (χ0) is 31.8. The number of hydrogen-bond donors (Lipinski definition) is 1. The molecule has 0 saturated carbocycles. The lowest BCUT2D eigenvalue weighted by atomic mass is 9.87. The van der Waals surface area contributed by atoms with Gasteiger partial charge in [-0.15, -0.1) is 0 Å². The Morgan fingerprint density at radius 3 is 2.32 bits per heavy atom. The summed E-state index contributed by atoms with van der Waals surface area (Å²) in [7, 11) is -1.24. The van der Waals surface area contributed by atoms with Gasteiger partial charge in [-0.05, 0) is 12.1 Å². The van der Waals surface area contributed by atoms with Crippen molar-refractivity contribution < 1.29 is 24.2 Å². The Morgan fingerprint density at radius 1 is 0.977 bits per heavy atom. The number of carbonyl (C=O) groups excluding carboxylic acids is 2. The van der Waals surface area contributed by atoms with Crippen LogP contribution in [0, 0.1) is 5.41 Å². The lowest BCUT2D eigenvalue weighted by Crippen LogP contribution is -2.50. The van der Waals surface area contributed by atoms with E-state index in [0.717, 1.165) is 22.5 Å². The molecule has 0 unspecified atom stereocenters. The van der Waals surface area contributed by atoms with E-state index >= 15 is 0 Å². The van der Waals surface area contributed by atoms with Crippen molar-refractivity contribution in [2.75, 3.05) is 32.8 Å². The molecular weight excluding hydrogens is 576 g/mol. The van der Waals surface area contributed by atoms with E-state index in [-0.39, 0.29) is 25.0 Å². The van der Waals surface area contributed by atoms with E-state index in [4.69, 9.17) is 14.7 Å². The molecule has 44 heavy (non-hydrogen) atoms. The van der Waals surface area contributed by atoms with E-state index in [1.807, 2.05) is 66.6 Å². The van der Waals surface area contributed by atoms with Crippen molar-refractivity contribution in [1.29, 1.82) is 0 Å². The van der Waals surface area contributed by atoms with Crippen molar-refractivity contribution in [3.8, 4) is 11.3 Å². The smallest absolute Gasteiger partial charge is 0.407 e. The number of aromatic nitrogens is 4. The Labute approximate surface area is 258 Å². The second-order valence-corrected chi connectivity index (χ2v) is 19.3. The van der Waals surface area contributed by atoms with Crippen LogP contribution in [-0.4, -0.2) is 92.7 Å². The van der Waals surface area contributed by atoms with Gasteiger partial charge in [-0.2, -0.15) is 0 Å². The number of Topliss-reactive ketones (excluding diaryl/α,β-unsaturated/α-hetero) is 1. The van der Waals surface area contributed by atoms with E-state index < -0.39 is 19.6 Å². The predicted octanol–water partition coefficient (Wildman–Crippen LogP) is 5.42. The number of fused-ring (bicyclic) bond motifs is 2. The lowest BCUT2D eigenvalue weighted by molar-refractivity contribution is -0.133. The molecule has 11 nitrogen and oxygen atoms in total. The predicted molar refractivity (Wildman–Crippen MR) is 173 cm³/mol. The molecule has 4 heterocycles. The SMILES string of the molecule is CC(C)(C)C(=O)c1cn(COCC[Si](C)(C)C)c2ncc(-c3cn(CC(=O)N4CCN(C(=O)O)CC4)c4ccccc34)nc12. The number of carbonyl (C=O) groups is 3. The van der Waals surface area contributed by atoms with Gasteiger partial charge in [-0.3, -0.25) is 9.59 Å². The highest BCUT2D eigenvalue weighted by Gasteiger charge is 2.29. The maximum absolute atomic E-state index is 13.6. The van der Waals surface area contributed by atoms with Crippen LogP contribution < -0.4 is 0 Å². The molecule has 12 heteroatoms. The van der Waals surface area contributed by atoms with Gasteiger partial charge in [0, 0.05) is 75.1 Å². The normalized spacial score (nSPS) is 14.5. The van der Waals surface area contributed by atoms with Crippen LogP contribution in [0.5, 0.6) is 0 Å². The van der Waals surface area contributed by atoms with Crippen LogP contribution >= 0.6 is 0 Å². The third-order valence-corrected chi connectivity index (χ3v) is 9.70. The van der Waals surface area contributed by atoms with Gasteiger partial charge in [0.15, 0.2) is 11.4 Å². The minimum atomic E-state index is -1.24. The monoisotopic (exact) mass is 618 g/mol. The molecule has 5 rings (SSSR count). The maximum Gasteiger partial charge on any atom is 0.407 e. The molecule has 2 amide bonds. The molecule has 1 saturated heterocycles. The highest BCUT2D eigenvalue weighted by atomic mass is 28.3. The molecule has 0 aliphatic carbocycles. The van der Waals surface area contributed by atoms with E-state index in [0.29, 0.717) is 55.2 Å². The number of benzene rings is 1. The standard InChI is InChI=1S/C32H42N6O5Si/c1-32(2,3)29(40)24-19-38(21-43-15-16-44(4,5)6)30-28(24)34-25(17-33-30)23-18-37(26-10-8-7-9-22(23)26)20-27(39)35-11-13-36(14-12-35)31(41)42/h7-10,17-19H,11-16,20-21H2,1-6H3,(H,41,42). The van der Waals surface area contributed by atoms with Crippen LogP contribution in [0.3, 0.4) is 0 Å². The average Bonchev–Trinajstić information content (AvgIpc) is 3.52. The van der Waals surface area contributed by atoms with Crippen molar-refractivity contribution in [3.05, 3.63) is 48.4 Å². The Balaban J connectivity index is 1.47. The Bertz CT molecular complexity index is 1710. The molecule has 0 spiro atoms. The molecule has 1 N–H and O–H groups in total. The van der Waals surface area contributed by atoms with Crippen molar-refractivity contribution in [2.45, 2.75) is 59.7 Å². The van der Waals surface area contributed by atoms with Crippen LogP contribution in [0.2, 0.25) is 25.7 Å². The first-order valence-corrected chi connectivity index (χ1v) is 18.8. The van der Waals surface area contributed by atoms with Gasteiger partial charge in [0.2, 0.25) is 5.91 Å². The number of ketones is 1. The number of hydrogen-bond acceptors (Lipinski definition) is 6. The lowest BCUT2D eigenvalue weighted by Gasteiger charge is -2.33. The first-order chi connectivity index (χ1) is 20.7. The molecular formula is C32H42N6O5Si. The second kappa shape index (κ2) is 12.2. The van der Waals surface area contributed by atoms with E-state index in [9.17, 15) is 19.5 Å². The molecule has 234 valence electrons. The van der Waals surface area contributed by atoms with Crippen LogP contribution in [0.1, 0.15) is 31.1 Å². The topological polar surface area (TPSA) is 123 Å². The second-order valence-electron chi connectivity index (χ2n) is 13.7. The Morgan fingerprint density at radius 2 is 1.66 bits per heavy atom. The van der Waals surface area contributed by atoms with E-state index in [2.05, 4.69) is 19.6 Å². The number of carboxylic acid groups (broad SMARTS) is 1. The summed E-state index contributed by atoms with van der Waals surface area (Å²) >= 11 is 0. The third-order valence-electron chi connectivity index (χ3n) is 7.99. The summed E-state index contributed by atoms with van der Waals surface area (Å²) in [6.07, 6.45) is 4.47. The van der Waals surface area contributed by atoms with Gasteiger partial charge in [-0.25, -0.2) is 14.8 Å². The van der Waals surface area contributed by atoms with Gasteiger partial charge in [0.05, 0.1) is 17.5 Å². The molecule has 1 aromatic carbocycles. The van der Waals surface area contributed by atoms with E-state index in [1.165, 1.54) is 4.90 Å². The van der Waals surface area contributed by atoms with Crippen molar-refractivity contribution in [1.82, 2.24) is 28.9 Å². The Kier molecular flexibility index (Phi) is 8.68. The van der Waals surface area contributed by atoms with Crippen LogP contribution in [0.15, 0.2) is 42.9 Å². The van der Waals surface area contributed by atoms with Gasteiger partial charge < -0.3 is 28.8 Å². The summed E-state index contributed by atoms with van der Waals surface area (Å²) < 4.78 is 9.78. The van der Waals surface area contributed by atoms with Gasteiger partial charge >= 0.3 is 6.09 Å². The Hall–Kier alpha value is -4.03. The van der Waals surface area contributed by atoms with Crippen LogP contribution in [0.25, 0.3) is 33.3 Å². The molecule has 4 aromatic rings. The molecule has 3 aromatic heterocycles. The zero-order valence-corrected chi connectivity index (χ0v) is 27.5. The first kappa shape index (κ1) is 31.4. The third kappa shape index (κ3) is 6.70. The molecule has 0 radical (unpaired) electrons. The zero-order valence-electron chi connectivity index (χ0n) is 26.5. The molecule has 1 fully saturated rings. The quantitative estimate of drug-likeness (QED) is 0.151. The summed E-state index contributed by atoms with van der Waals surface area (Å²) in [5, 5.41) is 10.2. The summed E-state index contributed by atoms with van der Waals surface area (Å²) in [6, 6.07) is 8.86.